The van der Waals surface area contributed by atoms with E-state index in [4.69, 9.17) is 0 Å². The average molecular weight is 183 g/mol. The second-order valence-corrected chi connectivity index (χ2v) is 4.54. The summed E-state index contributed by atoms with van der Waals surface area (Å²) in [5.41, 5.74) is 0. The quantitative estimate of drug-likeness (QED) is 0.551. The van der Waals surface area contributed by atoms with Gasteiger partial charge in [0.2, 0.25) is 6.17 Å². The van der Waals surface area contributed by atoms with Crippen molar-refractivity contribution in [1.82, 2.24) is 5.32 Å². The Labute approximate surface area is 79.5 Å². The maximum Gasteiger partial charge on any atom is 0.336 e. The predicted molar refractivity (Wildman–Crippen MR) is 52.2 cm³/mol. The minimum Gasteiger partial charge on any atom is -0.463 e. The number of rotatable bonds is 0. The maximum absolute atomic E-state index is 9.80. The van der Waals surface area contributed by atoms with E-state index in [1.807, 2.05) is 0 Å². The molecule has 0 bridgehead atoms. The summed E-state index contributed by atoms with van der Waals surface area (Å²) >= 11 is 0. The molecule has 0 aromatic heterocycles. The fourth-order valence-electron chi connectivity index (χ4n) is 2.39. The molecule has 74 valence electrons. The molecule has 13 heavy (non-hydrogen) atoms. The third-order valence-electron chi connectivity index (χ3n) is 3.11. The molecule has 0 unspecified atom stereocenters. The molecule has 0 radical (unpaired) electrons. The lowest BCUT2D eigenvalue weighted by atomic mass is 9.97. The van der Waals surface area contributed by atoms with Crippen molar-refractivity contribution in [2.24, 2.45) is 5.92 Å². The Bertz CT molecular complexity index is 237. The monoisotopic (exact) mass is 183 g/mol. The molecule has 0 saturated carbocycles. The largest absolute Gasteiger partial charge is 0.463 e. The van der Waals surface area contributed by atoms with Crippen molar-refractivity contribution >= 4 is 5.90 Å². The number of hydrogen-bond donors (Lipinski definition) is 2. The first-order valence-electron chi connectivity index (χ1n) is 5.24. The fourth-order valence-corrected chi connectivity index (χ4v) is 2.39. The van der Waals surface area contributed by atoms with Gasteiger partial charge in [0.05, 0.1) is 6.42 Å². The van der Waals surface area contributed by atoms with Crippen LogP contribution >= 0.6 is 0 Å². The molecule has 0 aromatic rings. The molecular formula is C10H19N2O+. The van der Waals surface area contributed by atoms with Crippen LogP contribution < -0.4 is 5.32 Å². The number of aliphatic hydroxyl groups excluding tert-OH is 1. The van der Waals surface area contributed by atoms with E-state index < -0.39 is 0 Å². The number of hydrogen-bond acceptors (Lipinski definition) is 1. The van der Waals surface area contributed by atoms with Gasteiger partial charge in [-0.2, -0.15) is 4.58 Å². The van der Waals surface area contributed by atoms with Gasteiger partial charge in [-0.3, -0.25) is 5.32 Å². The van der Waals surface area contributed by atoms with Gasteiger partial charge in [0, 0.05) is 18.4 Å². The Morgan fingerprint density at radius 1 is 1.38 bits per heavy atom. The van der Waals surface area contributed by atoms with E-state index in [0.29, 0.717) is 24.0 Å². The van der Waals surface area contributed by atoms with Gasteiger partial charge in [-0.05, 0) is 13.3 Å². The molecule has 0 spiro atoms. The van der Waals surface area contributed by atoms with Gasteiger partial charge in [0.1, 0.15) is 0 Å². The molecule has 0 aromatic carbocycles. The van der Waals surface area contributed by atoms with Crippen molar-refractivity contribution in [2.75, 3.05) is 6.54 Å². The topological polar surface area (TPSA) is 35.3 Å². The lowest BCUT2D eigenvalue weighted by molar-refractivity contribution is -0.601. The lowest BCUT2D eigenvalue weighted by Gasteiger charge is -2.31. The van der Waals surface area contributed by atoms with Crippen molar-refractivity contribution < 1.29 is 9.68 Å². The van der Waals surface area contributed by atoms with Gasteiger partial charge in [-0.1, -0.05) is 6.92 Å². The minimum absolute atomic E-state index is 0.389. The second kappa shape index (κ2) is 3.29. The van der Waals surface area contributed by atoms with Crippen molar-refractivity contribution in [3.05, 3.63) is 0 Å². The summed E-state index contributed by atoms with van der Waals surface area (Å²) in [6.07, 6.45) is 3.60. The summed E-state index contributed by atoms with van der Waals surface area (Å²) in [7, 11) is 0. The van der Waals surface area contributed by atoms with Gasteiger partial charge in [-0.15, -0.1) is 0 Å². The molecule has 1 fully saturated rings. The molecule has 2 N–H and O–H groups in total. The molecule has 3 nitrogen and oxygen atoms in total. The van der Waals surface area contributed by atoms with Gasteiger partial charge in [0.15, 0.2) is 6.54 Å². The van der Waals surface area contributed by atoms with Crippen LogP contribution in [-0.2, 0) is 0 Å². The molecule has 0 aliphatic carbocycles. The summed E-state index contributed by atoms with van der Waals surface area (Å²) in [6.45, 7) is 5.39. The molecule has 3 heteroatoms. The standard InChI is InChI=1S/C10H18N2O/c1-7-3-4-9-11-8(2)5-10(13)12(9)6-7/h7-9,11H,3-6H2,1-2H3/p+1/t7-,8-,9-/m1/s1. The van der Waals surface area contributed by atoms with Crippen LogP contribution in [-0.4, -0.2) is 34.3 Å². The Morgan fingerprint density at radius 2 is 2.15 bits per heavy atom. The number of fused-ring (bicyclic) bond motifs is 1. The third-order valence-corrected chi connectivity index (χ3v) is 3.11. The number of aliphatic hydroxyl groups is 1. The first-order valence-corrected chi connectivity index (χ1v) is 5.24. The average Bonchev–Trinajstić information content (AvgIpc) is 2.06. The van der Waals surface area contributed by atoms with Crippen LogP contribution in [0.4, 0.5) is 0 Å². The molecule has 2 aliphatic rings. The summed E-state index contributed by atoms with van der Waals surface area (Å²) in [5, 5.41) is 13.3. The van der Waals surface area contributed by atoms with Crippen molar-refractivity contribution in [3.8, 4) is 0 Å². The van der Waals surface area contributed by atoms with Crippen LogP contribution in [0.2, 0.25) is 0 Å². The number of piperidine rings is 1. The fraction of sp³-hybridized carbons (Fsp3) is 0.900. The minimum atomic E-state index is 0.389. The first kappa shape index (κ1) is 9.00. The highest BCUT2D eigenvalue weighted by Crippen LogP contribution is 2.20. The normalized spacial score (nSPS) is 40.3. The van der Waals surface area contributed by atoms with E-state index in [9.17, 15) is 5.11 Å². The highest BCUT2D eigenvalue weighted by Gasteiger charge is 2.37. The van der Waals surface area contributed by atoms with Crippen molar-refractivity contribution in [2.45, 2.75) is 45.3 Å². The molecule has 1 saturated heterocycles. The second-order valence-electron chi connectivity index (χ2n) is 4.54. The zero-order valence-corrected chi connectivity index (χ0v) is 8.45. The molecule has 2 heterocycles. The van der Waals surface area contributed by atoms with Gasteiger partial charge in [0.25, 0.3) is 0 Å². The predicted octanol–water partition coefficient (Wildman–Crippen LogP) is 1.09. The zero-order chi connectivity index (χ0) is 9.42. The third kappa shape index (κ3) is 1.70. The first-order chi connectivity index (χ1) is 6.16. The summed E-state index contributed by atoms with van der Waals surface area (Å²) in [5.74, 6) is 1.30. The summed E-state index contributed by atoms with van der Waals surface area (Å²) in [4.78, 5) is 0. The van der Waals surface area contributed by atoms with Gasteiger partial charge < -0.3 is 5.11 Å². The van der Waals surface area contributed by atoms with Gasteiger partial charge >= 0.3 is 5.90 Å². The SMILES string of the molecule is C[C@@H]1CC[C@@H]2N[C@H](C)CC(O)=[N+]2C1. The van der Waals surface area contributed by atoms with Crippen LogP contribution in [0.5, 0.6) is 0 Å². The Hall–Kier alpha value is -0.570. The van der Waals surface area contributed by atoms with Crippen LogP contribution in [0.3, 0.4) is 0 Å². The molecule has 2 rings (SSSR count). The molecule has 3 atom stereocenters. The van der Waals surface area contributed by atoms with Crippen LogP contribution in [0.1, 0.15) is 33.1 Å². The Balaban J connectivity index is 2.19. The van der Waals surface area contributed by atoms with Crippen LogP contribution in [0, 0.1) is 5.92 Å². The van der Waals surface area contributed by atoms with Crippen molar-refractivity contribution in [3.63, 3.8) is 0 Å². The molecule has 2 aliphatic heterocycles. The Morgan fingerprint density at radius 3 is 2.92 bits per heavy atom. The maximum atomic E-state index is 9.80. The summed E-state index contributed by atoms with van der Waals surface area (Å²) < 4.78 is 2.13. The highest BCUT2D eigenvalue weighted by molar-refractivity contribution is 5.69. The zero-order valence-electron chi connectivity index (χ0n) is 8.45. The van der Waals surface area contributed by atoms with E-state index >= 15 is 0 Å². The number of nitrogens with one attached hydrogen (secondary N) is 1. The van der Waals surface area contributed by atoms with Crippen LogP contribution in [0.25, 0.3) is 0 Å². The van der Waals surface area contributed by atoms with E-state index in [-0.39, 0.29) is 0 Å². The summed E-state index contributed by atoms with van der Waals surface area (Å²) in [6, 6.07) is 0.426. The lowest BCUT2D eigenvalue weighted by Crippen LogP contribution is -2.55. The highest BCUT2D eigenvalue weighted by atomic mass is 16.3. The Kier molecular flexibility index (Phi) is 2.28. The van der Waals surface area contributed by atoms with E-state index in [2.05, 4.69) is 23.7 Å². The smallest absolute Gasteiger partial charge is 0.336 e. The van der Waals surface area contributed by atoms with E-state index in [1.165, 1.54) is 6.42 Å². The number of nitrogens with zero attached hydrogens (tertiary/aromatic N) is 1. The molecule has 0 amide bonds. The van der Waals surface area contributed by atoms with Gasteiger partial charge in [-0.25, -0.2) is 0 Å². The molecular weight excluding hydrogens is 164 g/mol. The van der Waals surface area contributed by atoms with E-state index in [0.717, 1.165) is 19.4 Å². The van der Waals surface area contributed by atoms with Crippen molar-refractivity contribution in [1.29, 1.82) is 0 Å². The van der Waals surface area contributed by atoms with E-state index in [1.54, 1.807) is 0 Å². The van der Waals surface area contributed by atoms with Crippen LogP contribution in [0.15, 0.2) is 0 Å².